The van der Waals surface area contributed by atoms with E-state index in [9.17, 15) is 0 Å². The van der Waals surface area contributed by atoms with E-state index < -0.39 is 0 Å². The highest BCUT2D eigenvalue weighted by Gasteiger charge is 2.10. The maximum atomic E-state index is 6.12. The fourth-order valence-electron chi connectivity index (χ4n) is 1.48. The number of benzene rings is 1. The minimum atomic E-state index is 0.132. The molecule has 0 aliphatic rings. The van der Waals surface area contributed by atoms with Crippen molar-refractivity contribution in [3.8, 4) is 17.6 Å². The highest BCUT2D eigenvalue weighted by molar-refractivity contribution is 6.32. The molecule has 1 aromatic rings. The van der Waals surface area contributed by atoms with Crippen LogP contribution in [0.5, 0.6) is 5.75 Å². The molecule has 0 heterocycles. The second-order valence-corrected chi connectivity index (χ2v) is 4.22. The van der Waals surface area contributed by atoms with Crippen molar-refractivity contribution in [3.63, 3.8) is 0 Å². The average molecular weight is 252 g/mol. The summed E-state index contributed by atoms with van der Waals surface area (Å²) in [4.78, 5) is 0. The molecule has 0 radical (unpaired) electrons. The molecule has 0 fully saturated rings. The number of hydrogen-bond acceptors (Lipinski definition) is 2. The molecule has 0 aromatic heterocycles. The Morgan fingerprint density at radius 2 is 2.24 bits per heavy atom. The van der Waals surface area contributed by atoms with E-state index in [1.807, 2.05) is 18.2 Å². The molecule has 17 heavy (non-hydrogen) atoms. The summed E-state index contributed by atoms with van der Waals surface area (Å²) in [6.45, 7) is 4.21. The van der Waals surface area contributed by atoms with Crippen molar-refractivity contribution in [2.24, 2.45) is 5.73 Å². The van der Waals surface area contributed by atoms with Gasteiger partial charge in [0.15, 0.2) is 0 Å². The van der Waals surface area contributed by atoms with Crippen LogP contribution >= 0.6 is 11.6 Å². The van der Waals surface area contributed by atoms with E-state index in [-0.39, 0.29) is 6.04 Å². The van der Waals surface area contributed by atoms with E-state index in [2.05, 4.69) is 18.8 Å². The van der Waals surface area contributed by atoms with Gasteiger partial charge >= 0.3 is 0 Å². The van der Waals surface area contributed by atoms with Crippen molar-refractivity contribution < 1.29 is 4.74 Å². The van der Waals surface area contributed by atoms with Crippen LogP contribution in [0, 0.1) is 11.8 Å². The van der Waals surface area contributed by atoms with Crippen LogP contribution in [-0.2, 0) is 6.42 Å². The summed E-state index contributed by atoms with van der Waals surface area (Å²) >= 11 is 6.12. The summed E-state index contributed by atoms with van der Waals surface area (Å²) in [5.74, 6) is 6.35. The van der Waals surface area contributed by atoms with Gasteiger partial charge in [0, 0.05) is 6.04 Å². The molecule has 0 bridgehead atoms. The second kappa shape index (κ2) is 7.21. The molecule has 92 valence electrons. The number of para-hydroxylation sites is 1. The maximum Gasteiger partial charge on any atom is 0.149 e. The molecule has 0 saturated heterocycles. The number of hydrogen-bond donors (Lipinski definition) is 1. The molecule has 0 spiro atoms. The van der Waals surface area contributed by atoms with E-state index >= 15 is 0 Å². The molecule has 1 unspecified atom stereocenters. The summed E-state index contributed by atoms with van der Waals surface area (Å²) in [7, 11) is 0. The lowest BCUT2D eigenvalue weighted by Crippen LogP contribution is -2.21. The highest BCUT2D eigenvalue weighted by atomic mass is 35.5. The molecule has 0 aliphatic carbocycles. The van der Waals surface area contributed by atoms with E-state index in [0.29, 0.717) is 17.4 Å². The average Bonchev–Trinajstić information content (AvgIpc) is 2.32. The summed E-state index contributed by atoms with van der Waals surface area (Å²) in [6.07, 6.45) is 1.70. The number of ether oxygens (including phenoxy) is 1. The van der Waals surface area contributed by atoms with E-state index in [1.165, 1.54) is 0 Å². The standard InChI is InChI=1S/C14H18ClNO/c1-3-5-9-17-14-11(10-12(16)4-2)7-6-8-13(14)15/h6-8,12H,4,9-10,16H2,1-2H3. The van der Waals surface area contributed by atoms with Crippen LogP contribution in [0.2, 0.25) is 5.02 Å². The van der Waals surface area contributed by atoms with Crippen molar-refractivity contribution in [1.82, 2.24) is 0 Å². The number of rotatable bonds is 5. The maximum absolute atomic E-state index is 6.12. The smallest absolute Gasteiger partial charge is 0.149 e. The van der Waals surface area contributed by atoms with E-state index in [4.69, 9.17) is 22.1 Å². The van der Waals surface area contributed by atoms with Gasteiger partial charge in [-0.15, -0.1) is 5.92 Å². The second-order valence-electron chi connectivity index (χ2n) is 3.82. The molecular formula is C14H18ClNO. The van der Waals surface area contributed by atoms with Gasteiger partial charge in [-0.25, -0.2) is 0 Å². The molecule has 2 N–H and O–H groups in total. The third kappa shape index (κ3) is 4.30. The zero-order valence-electron chi connectivity index (χ0n) is 10.3. The Labute approximate surface area is 108 Å². The predicted octanol–water partition coefficient (Wildman–Crippen LogP) is 3.02. The van der Waals surface area contributed by atoms with Gasteiger partial charge in [0.1, 0.15) is 12.4 Å². The topological polar surface area (TPSA) is 35.2 Å². The van der Waals surface area contributed by atoms with Gasteiger partial charge in [0.2, 0.25) is 0 Å². The van der Waals surface area contributed by atoms with Crippen molar-refractivity contribution in [3.05, 3.63) is 28.8 Å². The summed E-state index contributed by atoms with van der Waals surface area (Å²) in [5.41, 5.74) is 7.00. The molecule has 0 saturated carbocycles. The first kappa shape index (κ1) is 13.9. The van der Waals surface area contributed by atoms with Gasteiger partial charge in [-0.05, 0) is 31.4 Å². The summed E-state index contributed by atoms with van der Waals surface area (Å²) < 4.78 is 5.59. The Morgan fingerprint density at radius 1 is 1.47 bits per heavy atom. The van der Waals surface area contributed by atoms with Gasteiger partial charge < -0.3 is 10.5 Å². The largest absolute Gasteiger partial charge is 0.479 e. The van der Waals surface area contributed by atoms with Crippen LogP contribution < -0.4 is 10.5 Å². The third-order valence-electron chi connectivity index (χ3n) is 2.52. The minimum Gasteiger partial charge on any atom is -0.479 e. The molecule has 0 amide bonds. The van der Waals surface area contributed by atoms with Crippen molar-refractivity contribution in [2.75, 3.05) is 6.61 Å². The van der Waals surface area contributed by atoms with E-state index in [0.717, 1.165) is 18.4 Å². The van der Waals surface area contributed by atoms with Crippen LogP contribution in [0.1, 0.15) is 25.8 Å². The fraction of sp³-hybridized carbons (Fsp3) is 0.429. The molecular weight excluding hydrogens is 234 g/mol. The van der Waals surface area contributed by atoms with Crippen LogP contribution in [0.15, 0.2) is 18.2 Å². The first-order valence-electron chi connectivity index (χ1n) is 5.74. The molecule has 1 atom stereocenters. The quantitative estimate of drug-likeness (QED) is 0.817. The first-order valence-corrected chi connectivity index (χ1v) is 6.12. The zero-order chi connectivity index (χ0) is 12.7. The fourth-order valence-corrected chi connectivity index (χ4v) is 1.73. The zero-order valence-corrected chi connectivity index (χ0v) is 11.1. The Kier molecular flexibility index (Phi) is 5.90. The predicted molar refractivity (Wildman–Crippen MR) is 72.4 cm³/mol. The van der Waals surface area contributed by atoms with Gasteiger partial charge in [-0.3, -0.25) is 0 Å². The SMILES string of the molecule is CC#CCOc1c(Cl)cccc1CC(N)CC. The molecule has 1 rings (SSSR count). The highest BCUT2D eigenvalue weighted by Crippen LogP contribution is 2.29. The van der Waals surface area contributed by atoms with Crippen molar-refractivity contribution in [1.29, 1.82) is 0 Å². The Bertz CT molecular complexity index is 420. The van der Waals surface area contributed by atoms with Gasteiger partial charge in [0.05, 0.1) is 5.02 Å². The molecule has 0 aliphatic heterocycles. The Hall–Kier alpha value is -1.17. The monoisotopic (exact) mass is 251 g/mol. The van der Waals surface area contributed by atoms with E-state index in [1.54, 1.807) is 6.92 Å². The third-order valence-corrected chi connectivity index (χ3v) is 2.82. The normalized spacial score (nSPS) is 11.5. The summed E-state index contributed by atoms with van der Waals surface area (Å²) in [6, 6.07) is 5.86. The Balaban J connectivity index is 2.86. The molecule has 3 heteroatoms. The first-order chi connectivity index (χ1) is 8.19. The van der Waals surface area contributed by atoms with Gasteiger partial charge in [-0.2, -0.15) is 0 Å². The van der Waals surface area contributed by atoms with Crippen LogP contribution in [0.4, 0.5) is 0 Å². The van der Waals surface area contributed by atoms with Crippen LogP contribution in [-0.4, -0.2) is 12.6 Å². The van der Waals surface area contributed by atoms with Crippen molar-refractivity contribution in [2.45, 2.75) is 32.7 Å². The minimum absolute atomic E-state index is 0.132. The molecule has 2 nitrogen and oxygen atoms in total. The van der Waals surface area contributed by atoms with Crippen LogP contribution in [0.25, 0.3) is 0 Å². The van der Waals surface area contributed by atoms with Gasteiger partial charge in [0.25, 0.3) is 0 Å². The lowest BCUT2D eigenvalue weighted by atomic mass is 10.0. The van der Waals surface area contributed by atoms with Crippen LogP contribution in [0.3, 0.4) is 0 Å². The number of halogens is 1. The van der Waals surface area contributed by atoms with Crippen molar-refractivity contribution >= 4 is 11.6 Å². The summed E-state index contributed by atoms with van der Waals surface area (Å²) in [5, 5.41) is 0.615. The lowest BCUT2D eigenvalue weighted by Gasteiger charge is -2.14. The van der Waals surface area contributed by atoms with Gasteiger partial charge in [-0.1, -0.05) is 36.6 Å². The Morgan fingerprint density at radius 3 is 2.88 bits per heavy atom. The number of nitrogens with two attached hydrogens (primary N) is 1. The molecule has 1 aromatic carbocycles. The lowest BCUT2D eigenvalue weighted by molar-refractivity contribution is 0.365.